The van der Waals surface area contributed by atoms with Gasteiger partial charge in [0.05, 0.1) is 17.6 Å². The van der Waals surface area contributed by atoms with Crippen molar-refractivity contribution in [3.05, 3.63) is 102 Å². The fraction of sp³-hybridized carbons (Fsp3) is 0.0435. The van der Waals surface area contributed by atoms with Crippen LogP contribution in [-0.2, 0) is 16.6 Å². The van der Waals surface area contributed by atoms with Crippen LogP contribution in [0.25, 0.3) is 11.3 Å². The van der Waals surface area contributed by atoms with Crippen LogP contribution < -0.4 is 10.0 Å². The Hall–Kier alpha value is -3.98. The molecule has 7 nitrogen and oxygen atoms in total. The standard InChI is InChI=1S/C23H18FN3O4S/c24-18-8-12-20(13-9-18)32(29,30)27-19-10-6-17(7-11-19)23(28)26-15-22-25-14-21(31-22)16-4-2-1-3-5-16/h1-14,27H,15H2,(H,26,28). The highest BCUT2D eigenvalue weighted by Gasteiger charge is 2.15. The monoisotopic (exact) mass is 451 g/mol. The maximum Gasteiger partial charge on any atom is 0.261 e. The summed E-state index contributed by atoms with van der Waals surface area (Å²) < 4.78 is 45.8. The summed E-state index contributed by atoms with van der Waals surface area (Å²) in [5, 5.41) is 2.71. The van der Waals surface area contributed by atoms with Crippen molar-refractivity contribution in [2.45, 2.75) is 11.4 Å². The Morgan fingerprint density at radius 2 is 1.62 bits per heavy atom. The molecule has 2 N–H and O–H groups in total. The van der Waals surface area contributed by atoms with E-state index in [4.69, 9.17) is 4.42 Å². The summed E-state index contributed by atoms with van der Waals surface area (Å²) in [4.78, 5) is 16.5. The molecule has 0 saturated heterocycles. The number of nitrogens with zero attached hydrogens (tertiary/aromatic N) is 1. The predicted octanol–water partition coefficient (Wildman–Crippen LogP) is 4.21. The fourth-order valence-corrected chi connectivity index (χ4v) is 3.96. The van der Waals surface area contributed by atoms with E-state index >= 15 is 0 Å². The van der Waals surface area contributed by atoms with Gasteiger partial charge in [0.25, 0.3) is 15.9 Å². The lowest BCUT2D eigenvalue weighted by molar-refractivity contribution is 0.0947. The van der Waals surface area contributed by atoms with Crippen molar-refractivity contribution in [3.8, 4) is 11.3 Å². The second kappa shape index (κ2) is 9.03. The van der Waals surface area contributed by atoms with E-state index in [1.165, 1.54) is 36.4 Å². The maximum absolute atomic E-state index is 13.0. The molecule has 9 heteroatoms. The molecule has 0 aliphatic carbocycles. The quantitative estimate of drug-likeness (QED) is 0.438. The zero-order valence-corrected chi connectivity index (χ0v) is 17.5. The molecule has 1 aromatic heterocycles. The lowest BCUT2D eigenvalue weighted by Crippen LogP contribution is -2.23. The molecular formula is C23H18FN3O4S. The van der Waals surface area contributed by atoms with Crippen LogP contribution in [0.15, 0.2) is 94.4 Å². The Bertz CT molecular complexity index is 1320. The van der Waals surface area contributed by atoms with Crippen molar-refractivity contribution in [2.24, 2.45) is 0 Å². The van der Waals surface area contributed by atoms with E-state index in [9.17, 15) is 17.6 Å². The minimum Gasteiger partial charge on any atom is -0.439 e. The van der Waals surface area contributed by atoms with Crippen molar-refractivity contribution in [1.82, 2.24) is 10.3 Å². The molecule has 0 atom stereocenters. The van der Waals surface area contributed by atoms with Gasteiger partial charge in [-0.1, -0.05) is 30.3 Å². The number of anilines is 1. The highest BCUT2D eigenvalue weighted by atomic mass is 32.2. The summed E-state index contributed by atoms with van der Waals surface area (Å²) in [6, 6.07) is 19.9. The molecule has 4 rings (SSSR count). The number of sulfonamides is 1. The second-order valence-electron chi connectivity index (χ2n) is 6.80. The molecule has 0 aliphatic rings. The summed E-state index contributed by atoms with van der Waals surface area (Å²) in [6.07, 6.45) is 1.60. The number of carbonyl (C=O) groups is 1. The molecule has 32 heavy (non-hydrogen) atoms. The molecule has 1 heterocycles. The lowest BCUT2D eigenvalue weighted by Gasteiger charge is -2.09. The molecule has 1 amide bonds. The van der Waals surface area contributed by atoms with Crippen LogP contribution in [0, 0.1) is 5.82 Å². The van der Waals surface area contributed by atoms with E-state index in [-0.39, 0.29) is 23.0 Å². The van der Waals surface area contributed by atoms with Crippen LogP contribution in [0.4, 0.5) is 10.1 Å². The number of hydrogen-bond donors (Lipinski definition) is 2. The molecule has 162 valence electrons. The molecule has 0 fully saturated rings. The van der Waals surface area contributed by atoms with Gasteiger partial charge in [-0.3, -0.25) is 9.52 Å². The molecule has 3 aromatic carbocycles. The van der Waals surface area contributed by atoms with E-state index in [2.05, 4.69) is 15.0 Å². The molecule has 0 aliphatic heterocycles. The number of carbonyl (C=O) groups excluding carboxylic acids is 1. The zero-order valence-electron chi connectivity index (χ0n) is 16.7. The van der Waals surface area contributed by atoms with Gasteiger partial charge in [0.2, 0.25) is 5.89 Å². The van der Waals surface area contributed by atoms with Gasteiger partial charge < -0.3 is 9.73 Å². The Labute approximate surface area is 184 Å². The number of hydrogen-bond acceptors (Lipinski definition) is 5. The molecule has 0 bridgehead atoms. The predicted molar refractivity (Wildman–Crippen MR) is 117 cm³/mol. The number of benzene rings is 3. The molecular weight excluding hydrogens is 433 g/mol. The third kappa shape index (κ3) is 5.01. The minimum atomic E-state index is -3.87. The first-order valence-corrected chi connectivity index (χ1v) is 11.1. The molecule has 0 unspecified atom stereocenters. The van der Waals surface area contributed by atoms with E-state index in [0.29, 0.717) is 17.2 Å². The third-order valence-electron chi connectivity index (χ3n) is 4.54. The van der Waals surface area contributed by atoms with Gasteiger partial charge >= 0.3 is 0 Å². The van der Waals surface area contributed by atoms with E-state index < -0.39 is 15.8 Å². The number of halogens is 1. The first kappa shape index (κ1) is 21.3. The van der Waals surface area contributed by atoms with E-state index in [0.717, 1.165) is 17.7 Å². The smallest absolute Gasteiger partial charge is 0.261 e. The number of nitrogens with one attached hydrogen (secondary N) is 2. The normalized spacial score (nSPS) is 11.2. The summed E-state index contributed by atoms with van der Waals surface area (Å²) in [5.74, 6) is 0.0753. The Morgan fingerprint density at radius 1 is 0.938 bits per heavy atom. The van der Waals surface area contributed by atoms with Crippen LogP contribution in [0.1, 0.15) is 16.2 Å². The maximum atomic E-state index is 13.0. The third-order valence-corrected chi connectivity index (χ3v) is 5.93. The second-order valence-corrected chi connectivity index (χ2v) is 8.49. The minimum absolute atomic E-state index is 0.0680. The molecule has 4 aromatic rings. The van der Waals surface area contributed by atoms with Gasteiger partial charge in [0.1, 0.15) is 5.82 Å². The first-order valence-electron chi connectivity index (χ1n) is 9.57. The Kier molecular flexibility index (Phi) is 6.00. The van der Waals surface area contributed by atoms with Crippen LogP contribution in [0.2, 0.25) is 0 Å². The van der Waals surface area contributed by atoms with Gasteiger partial charge in [-0.15, -0.1) is 0 Å². The molecule has 0 spiro atoms. The fourth-order valence-electron chi connectivity index (χ4n) is 2.90. The number of rotatable bonds is 7. The van der Waals surface area contributed by atoms with Crippen molar-refractivity contribution in [3.63, 3.8) is 0 Å². The summed E-state index contributed by atoms with van der Waals surface area (Å²) in [7, 11) is -3.87. The molecule has 0 saturated carbocycles. The average Bonchev–Trinajstić information content (AvgIpc) is 3.28. The van der Waals surface area contributed by atoms with Crippen molar-refractivity contribution in [1.29, 1.82) is 0 Å². The summed E-state index contributed by atoms with van der Waals surface area (Å²) in [6.45, 7) is 0.102. The first-order chi connectivity index (χ1) is 15.4. The van der Waals surface area contributed by atoms with Crippen LogP contribution >= 0.6 is 0 Å². The number of amides is 1. The highest BCUT2D eigenvalue weighted by Crippen LogP contribution is 2.20. The van der Waals surface area contributed by atoms with Gasteiger partial charge in [-0.05, 0) is 48.5 Å². The van der Waals surface area contributed by atoms with Crippen LogP contribution in [-0.4, -0.2) is 19.3 Å². The number of oxazole rings is 1. The average molecular weight is 451 g/mol. The van der Waals surface area contributed by atoms with Crippen LogP contribution in [0.3, 0.4) is 0 Å². The van der Waals surface area contributed by atoms with Gasteiger partial charge in [-0.25, -0.2) is 17.8 Å². The SMILES string of the molecule is O=C(NCc1ncc(-c2ccccc2)o1)c1ccc(NS(=O)(=O)c2ccc(F)cc2)cc1. The van der Waals surface area contributed by atoms with Crippen molar-refractivity contribution >= 4 is 21.6 Å². The number of aromatic nitrogens is 1. The summed E-state index contributed by atoms with van der Waals surface area (Å²) in [5.41, 5.74) is 1.49. The lowest BCUT2D eigenvalue weighted by atomic mass is 10.2. The largest absolute Gasteiger partial charge is 0.439 e. The van der Waals surface area contributed by atoms with E-state index in [1.807, 2.05) is 30.3 Å². The zero-order chi connectivity index (χ0) is 22.6. The van der Waals surface area contributed by atoms with Gasteiger partial charge in [0, 0.05) is 16.8 Å². The van der Waals surface area contributed by atoms with Crippen LogP contribution in [0.5, 0.6) is 0 Å². The van der Waals surface area contributed by atoms with Crippen molar-refractivity contribution in [2.75, 3.05) is 4.72 Å². The summed E-state index contributed by atoms with van der Waals surface area (Å²) >= 11 is 0. The molecule has 0 radical (unpaired) electrons. The highest BCUT2D eigenvalue weighted by molar-refractivity contribution is 7.92. The van der Waals surface area contributed by atoms with Gasteiger partial charge in [-0.2, -0.15) is 0 Å². The van der Waals surface area contributed by atoms with E-state index in [1.54, 1.807) is 6.20 Å². The topological polar surface area (TPSA) is 101 Å². The van der Waals surface area contributed by atoms with Gasteiger partial charge in [0.15, 0.2) is 5.76 Å². The van der Waals surface area contributed by atoms with Crippen molar-refractivity contribution < 1.29 is 22.0 Å². The Morgan fingerprint density at radius 3 is 2.31 bits per heavy atom. The Balaban J connectivity index is 1.36.